The van der Waals surface area contributed by atoms with E-state index in [0.29, 0.717) is 0 Å². The summed E-state index contributed by atoms with van der Waals surface area (Å²) in [5, 5.41) is 10.2. The van der Waals surface area contributed by atoms with Crippen LogP contribution in [0.4, 0.5) is 0 Å². The van der Waals surface area contributed by atoms with Gasteiger partial charge in [-0.05, 0) is 24.5 Å². The van der Waals surface area contributed by atoms with Gasteiger partial charge in [0.15, 0.2) is 0 Å². The van der Waals surface area contributed by atoms with E-state index in [9.17, 15) is 5.11 Å². The molecule has 0 aliphatic heterocycles. The minimum absolute atomic E-state index is 0.219. The third-order valence-electron chi connectivity index (χ3n) is 2.93. The summed E-state index contributed by atoms with van der Waals surface area (Å²) in [5.41, 5.74) is 2.20. The van der Waals surface area contributed by atoms with Crippen LogP contribution in [-0.4, -0.2) is 5.11 Å². The molecule has 1 aromatic carbocycles. The van der Waals surface area contributed by atoms with Gasteiger partial charge in [-0.1, -0.05) is 48.6 Å². The number of benzene rings is 1. The fourth-order valence-electron chi connectivity index (χ4n) is 1.98. The van der Waals surface area contributed by atoms with Crippen molar-refractivity contribution in [3.63, 3.8) is 0 Å². The van der Waals surface area contributed by atoms with Gasteiger partial charge in [-0.2, -0.15) is 0 Å². The summed E-state index contributed by atoms with van der Waals surface area (Å²) in [6.07, 6.45) is 8.76. The summed E-state index contributed by atoms with van der Waals surface area (Å²) < 4.78 is 0. The number of aliphatic hydroxyl groups is 1. The predicted octanol–water partition coefficient (Wildman–Crippen LogP) is 3.16. The van der Waals surface area contributed by atoms with E-state index in [1.54, 1.807) is 0 Å². The van der Waals surface area contributed by atoms with Gasteiger partial charge in [-0.25, -0.2) is 0 Å². The van der Waals surface area contributed by atoms with Crippen molar-refractivity contribution in [3.8, 4) is 0 Å². The smallest absolute Gasteiger partial charge is 0.0858 e. The molecule has 0 radical (unpaired) electrons. The number of aliphatic hydroxyl groups excluding tert-OH is 1. The predicted molar refractivity (Wildman–Crippen MR) is 62.5 cm³/mol. The Labute approximate surface area is 90.8 Å². The van der Waals surface area contributed by atoms with Gasteiger partial charge in [0.25, 0.3) is 0 Å². The Morgan fingerprint density at radius 1 is 1.27 bits per heavy atom. The molecule has 0 saturated heterocycles. The zero-order chi connectivity index (χ0) is 10.7. The minimum Gasteiger partial charge on any atom is -0.388 e. The van der Waals surface area contributed by atoms with Crippen LogP contribution in [0.15, 0.2) is 48.6 Å². The molecule has 1 aliphatic rings. The van der Waals surface area contributed by atoms with E-state index in [0.717, 1.165) is 17.5 Å². The van der Waals surface area contributed by atoms with Crippen LogP contribution in [0.2, 0.25) is 0 Å². The van der Waals surface area contributed by atoms with Crippen molar-refractivity contribution in [2.45, 2.75) is 19.4 Å². The second-order valence-corrected chi connectivity index (χ2v) is 4.01. The SMILES string of the molecule is Cc1ccccc1[C@H](O)[C@@H]1C=CC=CC1. The van der Waals surface area contributed by atoms with E-state index in [1.165, 1.54) is 0 Å². The highest BCUT2D eigenvalue weighted by Gasteiger charge is 2.19. The zero-order valence-electron chi connectivity index (χ0n) is 8.93. The second kappa shape index (κ2) is 4.45. The van der Waals surface area contributed by atoms with E-state index in [-0.39, 0.29) is 12.0 Å². The third-order valence-corrected chi connectivity index (χ3v) is 2.93. The molecule has 0 unspecified atom stereocenters. The highest BCUT2D eigenvalue weighted by Crippen LogP contribution is 2.29. The molecular weight excluding hydrogens is 184 g/mol. The average Bonchev–Trinajstić information content (AvgIpc) is 2.30. The van der Waals surface area contributed by atoms with Gasteiger partial charge >= 0.3 is 0 Å². The Morgan fingerprint density at radius 2 is 2.07 bits per heavy atom. The summed E-state index contributed by atoms with van der Waals surface area (Å²) >= 11 is 0. The van der Waals surface area contributed by atoms with Crippen LogP contribution in [0.5, 0.6) is 0 Å². The molecule has 1 N–H and O–H groups in total. The van der Waals surface area contributed by atoms with E-state index < -0.39 is 0 Å². The van der Waals surface area contributed by atoms with Crippen LogP contribution >= 0.6 is 0 Å². The third kappa shape index (κ3) is 2.18. The van der Waals surface area contributed by atoms with Crippen LogP contribution in [0.25, 0.3) is 0 Å². The first-order chi connectivity index (χ1) is 7.29. The van der Waals surface area contributed by atoms with Crippen molar-refractivity contribution in [2.75, 3.05) is 0 Å². The first-order valence-corrected chi connectivity index (χ1v) is 5.36. The fourth-order valence-corrected chi connectivity index (χ4v) is 1.98. The minimum atomic E-state index is -0.382. The summed E-state index contributed by atoms with van der Waals surface area (Å²) in [6.45, 7) is 2.04. The van der Waals surface area contributed by atoms with Gasteiger partial charge in [0, 0.05) is 5.92 Å². The number of hydrogen-bond donors (Lipinski definition) is 1. The number of hydrogen-bond acceptors (Lipinski definition) is 1. The van der Waals surface area contributed by atoms with Crippen molar-refractivity contribution >= 4 is 0 Å². The average molecular weight is 200 g/mol. The quantitative estimate of drug-likeness (QED) is 0.777. The molecule has 78 valence electrons. The maximum Gasteiger partial charge on any atom is 0.0858 e. The highest BCUT2D eigenvalue weighted by molar-refractivity contribution is 5.29. The summed E-state index contributed by atoms with van der Waals surface area (Å²) in [4.78, 5) is 0. The Hall–Kier alpha value is -1.34. The summed E-state index contributed by atoms with van der Waals surface area (Å²) in [7, 11) is 0. The van der Waals surface area contributed by atoms with Crippen molar-refractivity contribution in [2.24, 2.45) is 5.92 Å². The number of allylic oxidation sites excluding steroid dienone is 3. The molecule has 1 aromatic rings. The number of rotatable bonds is 2. The van der Waals surface area contributed by atoms with Crippen molar-refractivity contribution < 1.29 is 5.11 Å². The Bertz CT molecular complexity index is 390. The first-order valence-electron chi connectivity index (χ1n) is 5.36. The van der Waals surface area contributed by atoms with Crippen LogP contribution < -0.4 is 0 Å². The molecular formula is C14H16O. The molecule has 0 saturated carbocycles. The van der Waals surface area contributed by atoms with E-state index in [4.69, 9.17) is 0 Å². The van der Waals surface area contributed by atoms with Gasteiger partial charge in [0.05, 0.1) is 6.10 Å². The first kappa shape index (κ1) is 10.2. The topological polar surface area (TPSA) is 20.2 Å². The lowest BCUT2D eigenvalue weighted by Crippen LogP contribution is -2.12. The normalized spacial score (nSPS) is 21.6. The Morgan fingerprint density at radius 3 is 2.73 bits per heavy atom. The molecule has 0 amide bonds. The van der Waals surface area contributed by atoms with E-state index in [1.807, 2.05) is 43.3 Å². The summed E-state index contributed by atoms with van der Waals surface area (Å²) in [6, 6.07) is 8.03. The molecule has 0 spiro atoms. The van der Waals surface area contributed by atoms with Gasteiger partial charge < -0.3 is 5.11 Å². The van der Waals surface area contributed by atoms with Gasteiger partial charge in [-0.3, -0.25) is 0 Å². The van der Waals surface area contributed by atoms with Gasteiger partial charge in [-0.15, -0.1) is 0 Å². The molecule has 15 heavy (non-hydrogen) atoms. The van der Waals surface area contributed by atoms with Crippen molar-refractivity contribution in [1.29, 1.82) is 0 Å². The molecule has 2 atom stereocenters. The lowest BCUT2D eigenvalue weighted by atomic mass is 9.88. The van der Waals surface area contributed by atoms with E-state index in [2.05, 4.69) is 12.2 Å². The van der Waals surface area contributed by atoms with Crippen molar-refractivity contribution in [3.05, 3.63) is 59.7 Å². The molecule has 0 fully saturated rings. The largest absolute Gasteiger partial charge is 0.388 e. The standard InChI is InChI=1S/C14H16O/c1-11-7-5-6-10-13(11)14(15)12-8-3-2-4-9-12/h2-8,10,12,14-15H,9H2,1H3/t12-,14-/m1/s1. The van der Waals surface area contributed by atoms with E-state index >= 15 is 0 Å². The number of aryl methyl sites for hydroxylation is 1. The monoisotopic (exact) mass is 200 g/mol. The molecule has 2 rings (SSSR count). The molecule has 0 bridgehead atoms. The highest BCUT2D eigenvalue weighted by atomic mass is 16.3. The molecule has 0 aromatic heterocycles. The lowest BCUT2D eigenvalue weighted by molar-refractivity contribution is 0.131. The maximum absolute atomic E-state index is 10.2. The zero-order valence-corrected chi connectivity index (χ0v) is 8.93. The van der Waals surface area contributed by atoms with Crippen molar-refractivity contribution in [1.82, 2.24) is 0 Å². The molecule has 1 heteroatoms. The molecule has 0 heterocycles. The van der Waals surface area contributed by atoms with Gasteiger partial charge in [0.2, 0.25) is 0 Å². The fraction of sp³-hybridized carbons (Fsp3) is 0.286. The molecule has 1 aliphatic carbocycles. The van der Waals surface area contributed by atoms with Crippen LogP contribution in [0, 0.1) is 12.8 Å². The second-order valence-electron chi connectivity index (χ2n) is 4.01. The summed E-state index contributed by atoms with van der Waals surface area (Å²) in [5.74, 6) is 0.219. The van der Waals surface area contributed by atoms with Crippen LogP contribution in [0.3, 0.4) is 0 Å². The Kier molecular flexibility index (Phi) is 3.02. The molecule has 1 nitrogen and oxygen atoms in total. The Balaban J connectivity index is 2.21. The van der Waals surface area contributed by atoms with Crippen LogP contribution in [-0.2, 0) is 0 Å². The lowest BCUT2D eigenvalue weighted by Gasteiger charge is -2.21. The maximum atomic E-state index is 10.2. The van der Waals surface area contributed by atoms with Crippen LogP contribution in [0.1, 0.15) is 23.7 Å². The van der Waals surface area contributed by atoms with Gasteiger partial charge in [0.1, 0.15) is 0 Å².